The largest absolute Gasteiger partial charge is 0.573 e. The van der Waals surface area contributed by atoms with Crippen LogP contribution in [0.2, 0.25) is 0 Å². The Morgan fingerprint density at radius 3 is 2.44 bits per heavy atom. The van der Waals surface area contributed by atoms with Crippen LogP contribution in [-0.2, 0) is 9.53 Å². The van der Waals surface area contributed by atoms with Crippen molar-refractivity contribution in [2.24, 2.45) is 0 Å². The molecule has 0 saturated carbocycles. The van der Waals surface area contributed by atoms with Crippen molar-refractivity contribution in [3.63, 3.8) is 0 Å². The van der Waals surface area contributed by atoms with Gasteiger partial charge in [-0.2, -0.15) is 0 Å². The number of nitrogens with zero attached hydrogens (tertiary/aromatic N) is 2. The summed E-state index contributed by atoms with van der Waals surface area (Å²) < 4.78 is 50.3. The van der Waals surface area contributed by atoms with Crippen LogP contribution in [0.3, 0.4) is 0 Å². The molecule has 1 aliphatic heterocycles. The molecule has 7 nitrogen and oxygen atoms in total. The number of halogens is 4. The lowest BCUT2D eigenvalue weighted by atomic mass is 9.92. The Labute approximate surface area is 258 Å². The van der Waals surface area contributed by atoms with Gasteiger partial charge in [0.2, 0.25) is 0 Å². The second-order valence-corrected chi connectivity index (χ2v) is 12.7. The Kier molecular flexibility index (Phi) is 10.2. The molecule has 3 aromatic rings. The van der Waals surface area contributed by atoms with Gasteiger partial charge in [-0.1, -0.05) is 34.1 Å². The second kappa shape index (κ2) is 13.5. The number of carbonyl (C=O) groups excluding carboxylic acids is 2. The first-order valence-electron chi connectivity index (χ1n) is 14.4. The van der Waals surface area contributed by atoms with Gasteiger partial charge in [0, 0.05) is 47.4 Å². The molecule has 2 heterocycles. The number of anilines is 1. The van der Waals surface area contributed by atoms with E-state index in [-0.39, 0.29) is 36.6 Å². The molecule has 1 aromatic heterocycles. The van der Waals surface area contributed by atoms with E-state index in [0.717, 1.165) is 48.2 Å². The molecular weight excluding hydrogens is 627 g/mol. The molecule has 2 aromatic carbocycles. The molecule has 1 aliphatic rings. The molecule has 232 valence electrons. The van der Waals surface area contributed by atoms with Gasteiger partial charge < -0.3 is 19.7 Å². The zero-order valence-corrected chi connectivity index (χ0v) is 26.4. The van der Waals surface area contributed by atoms with Crippen LogP contribution in [0.5, 0.6) is 5.75 Å². The number of ether oxygens (including phenoxy) is 2. The van der Waals surface area contributed by atoms with Crippen LogP contribution in [0.1, 0.15) is 80.3 Å². The third-order valence-corrected chi connectivity index (χ3v) is 7.75. The van der Waals surface area contributed by atoms with E-state index in [1.165, 1.54) is 18.2 Å². The molecular formula is C32H37BrF3N3O4. The Hall–Kier alpha value is -3.34. The number of aromatic nitrogens is 1. The number of piperidine rings is 1. The molecule has 1 atom stereocenters. The van der Waals surface area contributed by atoms with Crippen LogP contribution in [0.25, 0.3) is 10.9 Å². The zero-order chi connectivity index (χ0) is 31.4. The average Bonchev–Trinajstić information content (AvgIpc) is 2.92. The summed E-state index contributed by atoms with van der Waals surface area (Å²) in [6, 6.07) is 11.4. The summed E-state index contributed by atoms with van der Waals surface area (Å²) in [5, 5.41) is 3.62. The fraction of sp³-hybridized carbons (Fsp3) is 0.469. The van der Waals surface area contributed by atoms with Crippen LogP contribution in [0, 0.1) is 6.92 Å². The topological polar surface area (TPSA) is 80.8 Å². The van der Waals surface area contributed by atoms with Gasteiger partial charge in [-0.05, 0) is 83.2 Å². The van der Waals surface area contributed by atoms with Crippen molar-refractivity contribution >= 4 is 44.5 Å². The zero-order valence-electron chi connectivity index (χ0n) is 24.8. The van der Waals surface area contributed by atoms with Gasteiger partial charge in [0.05, 0.1) is 11.1 Å². The van der Waals surface area contributed by atoms with E-state index in [1.54, 1.807) is 26.8 Å². The number of alkyl halides is 3. The molecule has 1 saturated heterocycles. The molecule has 1 amide bonds. The minimum Gasteiger partial charge on any atom is -0.460 e. The minimum absolute atomic E-state index is 0.0316. The van der Waals surface area contributed by atoms with Crippen molar-refractivity contribution < 1.29 is 32.2 Å². The Morgan fingerprint density at radius 2 is 1.77 bits per heavy atom. The highest BCUT2D eigenvalue weighted by Gasteiger charge is 2.33. The van der Waals surface area contributed by atoms with Gasteiger partial charge in [-0.3, -0.25) is 9.59 Å². The van der Waals surface area contributed by atoms with Gasteiger partial charge in [-0.25, -0.2) is 4.98 Å². The predicted octanol–water partition coefficient (Wildman–Crippen LogP) is 7.83. The van der Waals surface area contributed by atoms with E-state index in [4.69, 9.17) is 9.72 Å². The van der Waals surface area contributed by atoms with E-state index in [9.17, 15) is 22.8 Å². The first kappa shape index (κ1) is 32.6. The number of pyridine rings is 1. The maximum absolute atomic E-state index is 13.9. The van der Waals surface area contributed by atoms with Crippen LogP contribution < -0.4 is 15.0 Å². The summed E-state index contributed by atoms with van der Waals surface area (Å²) in [6.45, 7) is 8.76. The van der Waals surface area contributed by atoms with Crippen molar-refractivity contribution in [1.29, 1.82) is 0 Å². The van der Waals surface area contributed by atoms with Crippen LogP contribution in [0.15, 0.2) is 46.9 Å². The highest BCUT2D eigenvalue weighted by atomic mass is 79.9. The third kappa shape index (κ3) is 8.84. The molecule has 0 radical (unpaired) electrons. The van der Waals surface area contributed by atoms with Gasteiger partial charge >= 0.3 is 12.3 Å². The maximum atomic E-state index is 13.9. The lowest BCUT2D eigenvalue weighted by Gasteiger charge is -2.30. The quantitative estimate of drug-likeness (QED) is 0.235. The van der Waals surface area contributed by atoms with E-state index in [0.29, 0.717) is 16.5 Å². The van der Waals surface area contributed by atoms with E-state index >= 15 is 0 Å². The maximum Gasteiger partial charge on any atom is 0.573 e. The van der Waals surface area contributed by atoms with Crippen molar-refractivity contribution in [3.8, 4) is 5.75 Å². The van der Waals surface area contributed by atoms with Gasteiger partial charge in [0.15, 0.2) is 0 Å². The van der Waals surface area contributed by atoms with Gasteiger partial charge in [-0.15, -0.1) is 13.2 Å². The van der Waals surface area contributed by atoms with Crippen LogP contribution in [0.4, 0.5) is 19.0 Å². The predicted molar refractivity (Wildman–Crippen MR) is 164 cm³/mol. The number of fused-ring (bicyclic) bond motifs is 1. The summed E-state index contributed by atoms with van der Waals surface area (Å²) in [5.41, 5.74) is 1.38. The number of carbonyl (C=O) groups is 2. The first-order chi connectivity index (χ1) is 20.2. The average molecular weight is 665 g/mol. The van der Waals surface area contributed by atoms with Gasteiger partial charge in [0.25, 0.3) is 5.91 Å². The second-order valence-electron chi connectivity index (χ2n) is 11.8. The number of amides is 1. The van der Waals surface area contributed by atoms with Gasteiger partial charge in [0.1, 0.15) is 17.2 Å². The van der Waals surface area contributed by atoms with Crippen molar-refractivity contribution in [2.75, 3.05) is 24.5 Å². The Bertz CT molecular complexity index is 1470. The summed E-state index contributed by atoms with van der Waals surface area (Å²) in [6.07, 6.45) is -1.59. The normalized spacial score (nSPS) is 14.8. The lowest BCUT2D eigenvalue weighted by molar-refractivity contribution is -0.275. The molecule has 11 heteroatoms. The molecule has 0 aliphatic carbocycles. The molecule has 0 spiro atoms. The number of nitrogens with one attached hydrogen (secondary N) is 1. The highest BCUT2D eigenvalue weighted by Crippen LogP contribution is 2.35. The number of rotatable bonds is 9. The lowest BCUT2D eigenvalue weighted by Crippen LogP contribution is -2.33. The SMILES string of the molecule is Cc1c(N2CCCCC2)nc2ccc(Br)cc2c1C(=O)NCC(CCC(=O)OC(C)(C)C)c1ccccc1OC(F)(F)F. The van der Waals surface area contributed by atoms with Crippen LogP contribution in [-0.4, -0.2) is 48.5 Å². The fourth-order valence-corrected chi connectivity index (χ4v) is 5.78. The molecule has 1 unspecified atom stereocenters. The third-order valence-electron chi connectivity index (χ3n) is 7.26. The standard InChI is InChI=1S/C32H37BrF3N3O4/c1-20-28(24-18-22(33)13-14-25(24)38-29(20)39-16-8-5-9-17-39)30(41)37-19-21(12-15-27(40)43-31(2,3)4)23-10-6-7-11-26(23)42-32(34,35)36/h6-7,10-11,13-14,18,21H,5,8-9,12,15-17,19H2,1-4H3,(H,37,41). The monoisotopic (exact) mass is 663 g/mol. The summed E-state index contributed by atoms with van der Waals surface area (Å²) >= 11 is 3.50. The molecule has 1 N–H and O–H groups in total. The van der Waals surface area contributed by atoms with E-state index in [1.807, 2.05) is 25.1 Å². The Balaban J connectivity index is 1.66. The van der Waals surface area contributed by atoms with E-state index < -0.39 is 23.9 Å². The van der Waals surface area contributed by atoms with E-state index in [2.05, 4.69) is 30.9 Å². The Morgan fingerprint density at radius 1 is 1.07 bits per heavy atom. The summed E-state index contributed by atoms with van der Waals surface area (Å²) in [7, 11) is 0. The first-order valence-corrected chi connectivity index (χ1v) is 15.2. The van der Waals surface area contributed by atoms with Crippen molar-refractivity contribution in [1.82, 2.24) is 10.3 Å². The summed E-state index contributed by atoms with van der Waals surface area (Å²) in [5.74, 6) is -1.15. The molecule has 43 heavy (non-hydrogen) atoms. The molecule has 1 fully saturated rings. The summed E-state index contributed by atoms with van der Waals surface area (Å²) in [4.78, 5) is 33.6. The smallest absolute Gasteiger partial charge is 0.460 e. The number of hydrogen-bond donors (Lipinski definition) is 1. The molecule has 0 bridgehead atoms. The number of para-hydroxylation sites is 1. The highest BCUT2D eigenvalue weighted by molar-refractivity contribution is 9.10. The number of esters is 1. The van der Waals surface area contributed by atoms with Crippen molar-refractivity contribution in [3.05, 3.63) is 63.6 Å². The minimum atomic E-state index is -4.90. The fourth-order valence-electron chi connectivity index (χ4n) is 5.42. The number of benzene rings is 2. The van der Waals surface area contributed by atoms with Crippen LogP contribution >= 0.6 is 15.9 Å². The van der Waals surface area contributed by atoms with Crippen molar-refractivity contribution in [2.45, 2.75) is 77.7 Å². The molecule has 4 rings (SSSR count). The number of hydrogen-bond acceptors (Lipinski definition) is 6.